The zero-order valence-corrected chi connectivity index (χ0v) is 14.4. The zero-order chi connectivity index (χ0) is 18.0. The second-order valence-electron chi connectivity index (χ2n) is 7.25. The second kappa shape index (κ2) is 6.73. The van der Waals surface area contributed by atoms with Crippen molar-refractivity contribution in [1.29, 1.82) is 0 Å². The monoisotopic (exact) mass is 333 g/mol. The number of benzene rings is 1. The Morgan fingerprint density at radius 1 is 1.33 bits per heavy atom. The molecule has 1 saturated heterocycles. The quantitative estimate of drug-likeness (QED) is 0.651. The first kappa shape index (κ1) is 18.1. The molecule has 0 radical (unpaired) electrons. The molecule has 1 aromatic rings. The number of carbonyl (C=O) groups is 1. The lowest BCUT2D eigenvalue weighted by atomic mass is 9.80. The van der Waals surface area contributed by atoms with Crippen LogP contribution in [0, 0.1) is 0 Å². The van der Waals surface area contributed by atoms with Crippen molar-refractivity contribution < 1.29 is 19.5 Å². The number of carbonyl (C=O) groups excluding carboxylic acids is 2. The van der Waals surface area contributed by atoms with Crippen molar-refractivity contribution in [2.45, 2.75) is 57.7 Å². The van der Waals surface area contributed by atoms with Gasteiger partial charge in [-0.2, -0.15) is 10.1 Å². The number of ether oxygens (including phenoxy) is 1. The predicted molar refractivity (Wildman–Crippen MR) is 89.1 cm³/mol. The summed E-state index contributed by atoms with van der Waals surface area (Å²) in [6.45, 7) is 7.62. The molecule has 1 aliphatic rings. The van der Waals surface area contributed by atoms with Crippen LogP contribution >= 0.6 is 0 Å². The van der Waals surface area contributed by atoms with Gasteiger partial charge >= 0.3 is 6.09 Å². The smallest absolute Gasteiger partial charge is 0.411 e. The average Bonchev–Trinajstić information content (AvgIpc) is 2.44. The molecule has 1 aliphatic heterocycles. The standard InChI is InChI=1S/C17H23N3O4/c1-16(2)9-14(10-17(3,4)20(16)23)24-15(22)19-13-7-5-6-12(8-13)18-11-21/h5-8,14,23H,9-10H2,1-4H3,(H,19,22). The summed E-state index contributed by atoms with van der Waals surface area (Å²) in [5.74, 6) is 0. The Morgan fingerprint density at radius 3 is 2.54 bits per heavy atom. The van der Waals surface area contributed by atoms with Crippen LogP contribution in [0.5, 0.6) is 0 Å². The van der Waals surface area contributed by atoms with E-state index in [0.717, 1.165) is 0 Å². The summed E-state index contributed by atoms with van der Waals surface area (Å²) in [5, 5.41) is 14.2. The molecule has 1 amide bonds. The fraction of sp³-hybridized carbons (Fsp3) is 0.529. The van der Waals surface area contributed by atoms with Gasteiger partial charge in [0.2, 0.25) is 6.08 Å². The van der Waals surface area contributed by atoms with Gasteiger partial charge in [-0.3, -0.25) is 5.32 Å². The largest absolute Gasteiger partial charge is 0.446 e. The molecule has 1 aromatic carbocycles. The Balaban J connectivity index is 2.02. The molecule has 0 spiro atoms. The van der Waals surface area contributed by atoms with Gasteiger partial charge in [0.1, 0.15) is 6.10 Å². The predicted octanol–water partition coefficient (Wildman–Crippen LogP) is 3.61. The molecule has 0 unspecified atom stereocenters. The molecule has 24 heavy (non-hydrogen) atoms. The minimum absolute atomic E-state index is 0.311. The third-order valence-corrected chi connectivity index (χ3v) is 4.14. The summed E-state index contributed by atoms with van der Waals surface area (Å²) in [6.07, 6.45) is 1.61. The summed E-state index contributed by atoms with van der Waals surface area (Å²) in [7, 11) is 0. The van der Waals surface area contributed by atoms with Crippen molar-refractivity contribution in [2.75, 3.05) is 5.32 Å². The summed E-state index contributed by atoms with van der Waals surface area (Å²) in [6, 6.07) is 6.53. The highest BCUT2D eigenvalue weighted by molar-refractivity contribution is 5.85. The molecule has 0 saturated carbocycles. The lowest BCUT2D eigenvalue weighted by Gasteiger charge is -2.50. The lowest BCUT2D eigenvalue weighted by molar-refractivity contribution is -0.256. The average molecular weight is 333 g/mol. The minimum Gasteiger partial charge on any atom is -0.446 e. The number of isocyanates is 1. The zero-order valence-electron chi connectivity index (χ0n) is 14.4. The van der Waals surface area contributed by atoms with E-state index in [0.29, 0.717) is 24.2 Å². The van der Waals surface area contributed by atoms with E-state index < -0.39 is 17.2 Å². The van der Waals surface area contributed by atoms with Crippen LogP contribution in [-0.2, 0) is 9.53 Å². The van der Waals surface area contributed by atoms with Crippen molar-refractivity contribution in [3.8, 4) is 0 Å². The van der Waals surface area contributed by atoms with E-state index in [1.54, 1.807) is 24.3 Å². The van der Waals surface area contributed by atoms with Crippen LogP contribution < -0.4 is 5.32 Å². The Kier molecular flexibility index (Phi) is 5.08. The third-order valence-electron chi connectivity index (χ3n) is 4.14. The molecule has 0 aromatic heterocycles. The Bertz CT molecular complexity index is 648. The third kappa shape index (κ3) is 4.20. The van der Waals surface area contributed by atoms with E-state index in [2.05, 4.69) is 10.3 Å². The first-order valence-electron chi connectivity index (χ1n) is 7.79. The molecular formula is C17H23N3O4. The molecule has 0 aliphatic carbocycles. The molecule has 0 bridgehead atoms. The molecule has 2 N–H and O–H groups in total. The first-order valence-corrected chi connectivity index (χ1v) is 7.79. The van der Waals surface area contributed by atoms with Gasteiger partial charge in [-0.15, -0.1) is 0 Å². The molecule has 130 valence electrons. The van der Waals surface area contributed by atoms with E-state index in [1.165, 1.54) is 11.1 Å². The van der Waals surface area contributed by atoms with Gasteiger partial charge in [-0.25, -0.2) is 9.59 Å². The van der Waals surface area contributed by atoms with Gasteiger partial charge < -0.3 is 9.94 Å². The van der Waals surface area contributed by atoms with E-state index >= 15 is 0 Å². The van der Waals surface area contributed by atoms with Crippen molar-refractivity contribution in [3.05, 3.63) is 24.3 Å². The molecule has 1 heterocycles. The number of nitrogens with zero attached hydrogens (tertiary/aromatic N) is 2. The van der Waals surface area contributed by atoms with E-state index in [9.17, 15) is 14.8 Å². The summed E-state index contributed by atoms with van der Waals surface area (Å²) in [5.41, 5.74) is -0.107. The van der Waals surface area contributed by atoms with Gasteiger partial charge in [-0.1, -0.05) is 6.07 Å². The van der Waals surface area contributed by atoms with Crippen molar-refractivity contribution >= 4 is 23.5 Å². The second-order valence-corrected chi connectivity index (χ2v) is 7.25. The molecule has 0 atom stereocenters. The number of aliphatic imine (C=N–C) groups is 1. The number of piperidine rings is 1. The summed E-state index contributed by atoms with van der Waals surface area (Å²) in [4.78, 5) is 25.9. The highest BCUT2D eigenvalue weighted by Crippen LogP contribution is 2.38. The highest BCUT2D eigenvalue weighted by Gasteiger charge is 2.46. The fourth-order valence-corrected chi connectivity index (χ4v) is 3.27. The van der Waals surface area contributed by atoms with E-state index in [-0.39, 0.29) is 6.10 Å². The maximum atomic E-state index is 12.1. The van der Waals surface area contributed by atoms with Crippen LogP contribution in [0.25, 0.3) is 0 Å². The fourth-order valence-electron chi connectivity index (χ4n) is 3.27. The van der Waals surface area contributed by atoms with E-state index in [1.807, 2.05) is 27.7 Å². The molecule has 7 heteroatoms. The topological polar surface area (TPSA) is 91.2 Å². The molecule has 1 fully saturated rings. The maximum Gasteiger partial charge on any atom is 0.411 e. The minimum atomic E-state index is -0.578. The van der Waals surface area contributed by atoms with Crippen LogP contribution in [0.1, 0.15) is 40.5 Å². The molecule has 2 rings (SSSR count). The number of hydrogen-bond donors (Lipinski definition) is 2. The van der Waals surface area contributed by atoms with Crippen molar-refractivity contribution in [1.82, 2.24) is 5.06 Å². The normalized spacial score (nSPS) is 20.0. The first-order chi connectivity index (χ1) is 11.1. The van der Waals surface area contributed by atoms with Crippen molar-refractivity contribution in [3.63, 3.8) is 0 Å². The van der Waals surface area contributed by atoms with Gasteiger partial charge in [-0.05, 0) is 45.9 Å². The number of nitrogens with one attached hydrogen (secondary N) is 1. The maximum absolute atomic E-state index is 12.1. The van der Waals surface area contributed by atoms with Gasteiger partial charge in [0, 0.05) is 29.6 Å². The van der Waals surface area contributed by atoms with Gasteiger partial charge in [0.15, 0.2) is 0 Å². The van der Waals surface area contributed by atoms with Crippen LogP contribution in [0.3, 0.4) is 0 Å². The van der Waals surface area contributed by atoms with Crippen molar-refractivity contribution in [2.24, 2.45) is 4.99 Å². The SMILES string of the molecule is CC1(C)CC(OC(=O)Nc2cccc(N=C=O)c2)CC(C)(C)N1O. The Hall–Kier alpha value is -2.21. The van der Waals surface area contributed by atoms with Gasteiger partial charge in [0.05, 0.1) is 5.69 Å². The van der Waals surface area contributed by atoms with Crippen LogP contribution in [0.15, 0.2) is 29.3 Å². The Labute approximate surface area is 141 Å². The molecule has 7 nitrogen and oxygen atoms in total. The number of amides is 1. The van der Waals surface area contributed by atoms with Crippen LogP contribution in [-0.4, -0.2) is 39.6 Å². The van der Waals surface area contributed by atoms with Crippen LogP contribution in [0.4, 0.5) is 16.2 Å². The molecular weight excluding hydrogens is 310 g/mol. The number of rotatable bonds is 3. The number of hydrogen-bond acceptors (Lipinski definition) is 6. The summed E-state index contributed by atoms with van der Waals surface area (Å²) < 4.78 is 5.52. The highest BCUT2D eigenvalue weighted by atomic mass is 16.6. The Morgan fingerprint density at radius 2 is 1.96 bits per heavy atom. The summed E-state index contributed by atoms with van der Waals surface area (Å²) >= 11 is 0. The van der Waals surface area contributed by atoms with Crippen LogP contribution in [0.2, 0.25) is 0 Å². The number of anilines is 1. The van der Waals surface area contributed by atoms with E-state index in [4.69, 9.17) is 4.74 Å². The lowest BCUT2D eigenvalue weighted by Crippen LogP contribution is -2.60. The van der Waals surface area contributed by atoms with Gasteiger partial charge in [0.25, 0.3) is 0 Å². The number of hydroxylamine groups is 2.